The number of para-hydroxylation sites is 1. The summed E-state index contributed by atoms with van der Waals surface area (Å²) < 4.78 is 1.26. The molecular formula is C18H20N4OS2. The lowest BCUT2D eigenvalue weighted by Gasteiger charge is -2.21. The molecule has 1 N–H and O–H groups in total. The van der Waals surface area contributed by atoms with Crippen molar-refractivity contribution in [3.8, 4) is 0 Å². The molecule has 25 heavy (non-hydrogen) atoms. The summed E-state index contributed by atoms with van der Waals surface area (Å²) in [4.78, 5) is 23.4. The maximum Gasteiger partial charge on any atom is 0.226 e. The molecule has 1 aromatic carbocycles. The zero-order chi connectivity index (χ0) is 17.2. The van der Waals surface area contributed by atoms with E-state index in [9.17, 15) is 4.79 Å². The fraction of sp³-hybridized carbons (Fsp3) is 0.389. The number of likely N-dealkylation sites (N-methyl/N-ethyl adjacent to an activating group) is 1. The first-order valence-electron chi connectivity index (χ1n) is 8.46. The fourth-order valence-electron chi connectivity index (χ4n) is 3.26. The van der Waals surface area contributed by atoms with Crippen LogP contribution >= 0.6 is 22.7 Å². The number of benzene rings is 1. The van der Waals surface area contributed by atoms with Crippen LogP contribution in [-0.2, 0) is 17.8 Å². The molecule has 1 fully saturated rings. The van der Waals surface area contributed by atoms with Crippen LogP contribution in [-0.4, -0.2) is 34.4 Å². The average molecular weight is 373 g/mol. The minimum atomic E-state index is 0.00873. The first kappa shape index (κ1) is 16.6. The van der Waals surface area contributed by atoms with Crippen molar-refractivity contribution in [2.45, 2.75) is 31.8 Å². The standard InChI is InChI=1S/C18H20N4OS2/c1-19-16(23)9-17-20-12(11-24-17)10-22-8-4-6-14(22)18-21-13-5-2-3-7-15(13)25-18/h2-3,5,7,11,14H,4,6,8-10H2,1H3,(H,19,23). The van der Waals surface area contributed by atoms with Crippen LogP contribution in [0.15, 0.2) is 29.6 Å². The van der Waals surface area contributed by atoms with Gasteiger partial charge in [-0.25, -0.2) is 9.97 Å². The van der Waals surface area contributed by atoms with Gasteiger partial charge >= 0.3 is 0 Å². The van der Waals surface area contributed by atoms with Gasteiger partial charge in [0.05, 0.1) is 28.4 Å². The molecule has 0 aliphatic carbocycles. The van der Waals surface area contributed by atoms with E-state index in [0.29, 0.717) is 12.5 Å². The molecule has 2 aromatic heterocycles. The van der Waals surface area contributed by atoms with Gasteiger partial charge in [0.1, 0.15) is 10.0 Å². The molecule has 0 bridgehead atoms. The number of nitrogens with zero attached hydrogens (tertiary/aromatic N) is 3. The third-order valence-electron chi connectivity index (χ3n) is 4.51. The van der Waals surface area contributed by atoms with Crippen LogP contribution in [0.3, 0.4) is 0 Å². The molecule has 1 aliphatic rings. The van der Waals surface area contributed by atoms with Gasteiger partial charge < -0.3 is 5.32 Å². The Labute approximate surface area is 154 Å². The topological polar surface area (TPSA) is 58.1 Å². The van der Waals surface area contributed by atoms with Crippen LogP contribution in [0, 0.1) is 0 Å². The predicted molar refractivity (Wildman–Crippen MR) is 102 cm³/mol. The highest BCUT2D eigenvalue weighted by molar-refractivity contribution is 7.18. The largest absolute Gasteiger partial charge is 0.359 e. The molecular weight excluding hydrogens is 352 g/mol. The van der Waals surface area contributed by atoms with E-state index < -0.39 is 0 Å². The molecule has 7 heteroatoms. The summed E-state index contributed by atoms with van der Waals surface area (Å²) in [6, 6.07) is 8.71. The number of fused-ring (bicyclic) bond motifs is 1. The summed E-state index contributed by atoms with van der Waals surface area (Å²) in [6.07, 6.45) is 2.70. The van der Waals surface area contributed by atoms with Gasteiger partial charge in [0, 0.05) is 19.0 Å². The monoisotopic (exact) mass is 372 g/mol. The van der Waals surface area contributed by atoms with Gasteiger partial charge in [-0.1, -0.05) is 12.1 Å². The van der Waals surface area contributed by atoms with Crippen LogP contribution in [0.2, 0.25) is 0 Å². The third kappa shape index (κ3) is 3.58. The Kier molecular flexibility index (Phi) is 4.78. The smallest absolute Gasteiger partial charge is 0.226 e. The Morgan fingerprint density at radius 2 is 2.24 bits per heavy atom. The summed E-state index contributed by atoms with van der Waals surface area (Å²) in [7, 11) is 1.66. The Morgan fingerprint density at radius 3 is 3.08 bits per heavy atom. The maximum atomic E-state index is 11.5. The van der Waals surface area contributed by atoms with E-state index in [0.717, 1.165) is 35.7 Å². The van der Waals surface area contributed by atoms with Crippen molar-refractivity contribution >= 4 is 38.8 Å². The van der Waals surface area contributed by atoms with E-state index in [1.165, 1.54) is 16.1 Å². The number of likely N-dealkylation sites (tertiary alicyclic amines) is 1. The first-order chi connectivity index (χ1) is 12.2. The lowest BCUT2D eigenvalue weighted by atomic mass is 10.2. The number of carbonyl (C=O) groups is 1. The Hall–Kier alpha value is -1.83. The van der Waals surface area contributed by atoms with Crippen molar-refractivity contribution in [1.82, 2.24) is 20.2 Å². The number of rotatable bonds is 5. The molecule has 1 unspecified atom stereocenters. The molecule has 1 aliphatic heterocycles. The van der Waals surface area contributed by atoms with E-state index in [1.54, 1.807) is 29.7 Å². The van der Waals surface area contributed by atoms with Crippen molar-refractivity contribution < 1.29 is 4.79 Å². The Morgan fingerprint density at radius 1 is 1.36 bits per heavy atom. The highest BCUT2D eigenvalue weighted by atomic mass is 32.1. The van der Waals surface area contributed by atoms with E-state index in [2.05, 4.69) is 38.8 Å². The van der Waals surface area contributed by atoms with Crippen LogP contribution < -0.4 is 5.32 Å². The van der Waals surface area contributed by atoms with Gasteiger partial charge in [0.25, 0.3) is 0 Å². The molecule has 130 valence electrons. The number of hydrogen-bond acceptors (Lipinski definition) is 6. The predicted octanol–water partition coefficient (Wildman–Crippen LogP) is 3.38. The highest BCUT2D eigenvalue weighted by Gasteiger charge is 2.29. The van der Waals surface area contributed by atoms with E-state index >= 15 is 0 Å². The number of carbonyl (C=O) groups excluding carboxylic acids is 1. The normalized spacial score (nSPS) is 18.0. The molecule has 4 rings (SSSR count). The molecule has 1 atom stereocenters. The highest BCUT2D eigenvalue weighted by Crippen LogP contribution is 2.37. The fourth-order valence-corrected chi connectivity index (χ4v) is 5.18. The molecule has 0 saturated carbocycles. The average Bonchev–Trinajstić information content (AvgIpc) is 3.34. The Bertz CT molecular complexity index is 855. The first-order valence-corrected chi connectivity index (χ1v) is 10.2. The number of aromatic nitrogens is 2. The molecule has 1 saturated heterocycles. The van der Waals surface area contributed by atoms with Gasteiger partial charge in [-0.05, 0) is 31.5 Å². The quantitative estimate of drug-likeness (QED) is 0.746. The lowest BCUT2D eigenvalue weighted by molar-refractivity contribution is -0.119. The second-order valence-corrected chi connectivity index (χ2v) is 8.24. The lowest BCUT2D eigenvalue weighted by Crippen LogP contribution is -2.23. The molecule has 3 aromatic rings. The summed E-state index contributed by atoms with van der Waals surface area (Å²) in [5.41, 5.74) is 2.15. The van der Waals surface area contributed by atoms with E-state index in [4.69, 9.17) is 4.98 Å². The molecule has 0 spiro atoms. The summed E-state index contributed by atoms with van der Waals surface area (Å²) in [5.74, 6) is 0.00873. The summed E-state index contributed by atoms with van der Waals surface area (Å²) >= 11 is 3.37. The van der Waals surface area contributed by atoms with E-state index in [-0.39, 0.29) is 5.91 Å². The van der Waals surface area contributed by atoms with E-state index in [1.807, 2.05) is 6.07 Å². The Balaban J connectivity index is 1.49. The van der Waals surface area contributed by atoms with Gasteiger partial charge in [-0.15, -0.1) is 22.7 Å². The minimum absolute atomic E-state index is 0.00873. The van der Waals surface area contributed by atoms with Crippen molar-refractivity contribution in [2.75, 3.05) is 13.6 Å². The van der Waals surface area contributed by atoms with Gasteiger partial charge in [0.15, 0.2) is 0 Å². The number of nitrogens with one attached hydrogen (secondary N) is 1. The minimum Gasteiger partial charge on any atom is -0.359 e. The van der Waals surface area contributed by atoms with Crippen molar-refractivity contribution in [2.24, 2.45) is 0 Å². The maximum absolute atomic E-state index is 11.5. The molecule has 3 heterocycles. The zero-order valence-corrected chi connectivity index (χ0v) is 15.7. The van der Waals surface area contributed by atoms with Gasteiger partial charge in [0.2, 0.25) is 5.91 Å². The summed E-state index contributed by atoms with van der Waals surface area (Å²) in [5, 5.41) is 6.81. The van der Waals surface area contributed by atoms with Crippen molar-refractivity contribution in [3.05, 3.63) is 45.4 Å². The van der Waals surface area contributed by atoms with Crippen LogP contribution in [0.5, 0.6) is 0 Å². The number of amides is 1. The third-order valence-corrected chi connectivity index (χ3v) is 6.55. The van der Waals surface area contributed by atoms with Crippen molar-refractivity contribution in [3.63, 3.8) is 0 Å². The van der Waals surface area contributed by atoms with Crippen LogP contribution in [0.4, 0.5) is 0 Å². The molecule has 5 nitrogen and oxygen atoms in total. The van der Waals surface area contributed by atoms with Gasteiger partial charge in [-0.3, -0.25) is 9.69 Å². The number of thiazole rings is 2. The zero-order valence-electron chi connectivity index (χ0n) is 14.1. The number of hydrogen-bond donors (Lipinski definition) is 1. The second kappa shape index (κ2) is 7.19. The van der Waals surface area contributed by atoms with Crippen LogP contribution in [0.1, 0.15) is 34.6 Å². The van der Waals surface area contributed by atoms with Crippen LogP contribution in [0.25, 0.3) is 10.2 Å². The SMILES string of the molecule is CNC(=O)Cc1nc(CN2CCCC2c2nc3ccccc3s2)cs1. The second-order valence-electron chi connectivity index (χ2n) is 6.23. The molecule has 1 amide bonds. The summed E-state index contributed by atoms with van der Waals surface area (Å²) in [6.45, 7) is 1.90. The van der Waals surface area contributed by atoms with Crippen molar-refractivity contribution in [1.29, 1.82) is 0 Å². The molecule has 0 radical (unpaired) electrons. The van der Waals surface area contributed by atoms with Gasteiger partial charge in [-0.2, -0.15) is 0 Å².